The van der Waals surface area contributed by atoms with Gasteiger partial charge in [-0.25, -0.2) is 9.59 Å². The quantitative estimate of drug-likeness (QED) is 0.267. The van der Waals surface area contributed by atoms with Crippen LogP contribution in [0.4, 0.5) is 9.59 Å². The molecule has 0 fully saturated rings. The van der Waals surface area contributed by atoms with Gasteiger partial charge < -0.3 is 14.3 Å². The predicted octanol–water partition coefficient (Wildman–Crippen LogP) is 5.45. The second-order valence-corrected chi connectivity index (χ2v) is 11.3. The average Bonchev–Trinajstić information content (AvgIpc) is 3.18. The highest BCUT2D eigenvalue weighted by Gasteiger charge is 2.31. The molecule has 0 radical (unpaired) electrons. The number of fused-ring (bicyclic) bond motifs is 1. The van der Waals surface area contributed by atoms with Crippen LogP contribution in [0.3, 0.4) is 0 Å². The van der Waals surface area contributed by atoms with Crippen molar-refractivity contribution in [2.24, 2.45) is 4.99 Å². The Hall–Kier alpha value is -3.42. The van der Waals surface area contributed by atoms with Crippen LogP contribution in [-0.4, -0.2) is 40.0 Å². The first kappa shape index (κ1) is 28.2. The lowest BCUT2D eigenvalue weighted by molar-refractivity contribution is -0.136. The number of carbonyl (C=O) groups excluding carboxylic acids is 2. The Balaban J connectivity index is 1.57. The first-order chi connectivity index (χ1) is 17.4. The highest BCUT2D eigenvalue weighted by atomic mass is 16.8. The van der Waals surface area contributed by atoms with Crippen LogP contribution in [0, 0.1) is 0 Å². The van der Waals surface area contributed by atoms with Crippen LogP contribution in [0.15, 0.2) is 53.8 Å². The number of nitrogens with zero attached hydrogens (tertiary/aromatic N) is 3. The van der Waals surface area contributed by atoms with Gasteiger partial charge in [-0.15, -0.1) is 5.06 Å². The molecule has 1 unspecified atom stereocenters. The molecule has 8 nitrogen and oxygen atoms in total. The number of hydrogen-bond acceptors (Lipinski definition) is 7. The van der Waals surface area contributed by atoms with Crippen molar-refractivity contribution in [2.45, 2.75) is 90.4 Å². The zero-order valence-electron chi connectivity index (χ0n) is 22.8. The molecule has 200 valence electrons. The molecule has 0 bridgehead atoms. The van der Waals surface area contributed by atoms with Gasteiger partial charge in [-0.3, -0.25) is 9.98 Å². The average molecular weight is 510 g/mol. The summed E-state index contributed by atoms with van der Waals surface area (Å²) in [6, 6.07) is 12.2. The van der Waals surface area contributed by atoms with Crippen molar-refractivity contribution in [2.75, 3.05) is 6.54 Å². The van der Waals surface area contributed by atoms with Gasteiger partial charge in [0.2, 0.25) is 0 Å². The van der Waals surface area contributed by atoms with E-state index in [2.05, 4.69) is 23.2 Å². The van der Waals surface area contributed by atoms with Gasteiger partial charge in [-0.05, 0) is 77.8 Å². The molecule has 1 aliphatic heterocycles. The molecule has 1 aromatic heterocycles. The summed E-state index contributed by atoms with van der Waals surface area (Å²) >= 11 is 0. The largest absolute Gasteiger partial charge is 0.534 e. The first-order valence-corrected chi connectivity index (χ1v) is 12.9. The molecule has 0 saturated carbocycles. The van der Waals surface area contributed by atoms with Crippen LogP contribution in [0.2, 0.25) is 0 Å². The molecule has 0 spiro atoms. The number of pyridine rings is 1. The summed E-state index contributed by atoms with van der Waals surface area (Å²) < 4.78 is 10.6. The Labute approximate surface area is 219 Å². The summed E-state index contributed by atoms with van der Waals surface area (Å²) in [4.78, 5) is 39.4. The Morgan fingerprint density at radius 3 is 2.24 bits per heavy atom. The number of unbranched alkanes of at least 4 members (excludes halogenated alkanes) is 3. The van der Waals surface area contributed by atoms with Crippen molar-refractivity contribution in [1.82, 2.24) is 10.0 Å². The third kappa shape index (κ3) is 8.58. The molecule has 1 atom stereocenters. The summed E-state index contributed by atoms with van der Waals surface area (Å²) in [5.74, 6) is 0. The molecule has 1 aromatic carbocycles. The SMILES string of the molecule is CC(C)(C)OC(=O)ON(CCCCCCC1(c2cccnc2)C=c2ccccc2=N1)C(=O)OC(C)(C)C. The van der Waals surface area contributed by atoms with E-state index in [1.807, 2.05) is 30.5 Å². The smallest absolute Gasteiger partial charge is 0.442 e. The molecule has 0 saturated heterocycles. The normalized spacial score (nSPS) is 16.7. The topological polar surface area (TPSA) is 90.3 Å². The van der Waals surface area contributed by atoms with Crippen molar-refractivity contribution in [3.63, 3.8) is 0 Å². The highest BCUT2D eigenvalue weighted by Crippen LogP contribution is 2.34. The lowest BCUT2D eigenvalue weighted by Gasteiger charge is -2.27. The number of benzene rings is 1. The van der Waals surface area contributed by atoms with E-state index in [9.17, 15) is 9.59 Å². The maximum absolute atomic E-state index is 12.6. The number of para-hydroxylation sites is 1. The van der Waals surface area contributed by atoms with Crippen LogP contribution >= 0.6 is 0 Å². The van der Waals surface area contributed by atoms with E-state index in [1.54, 1.807) is 47.7 Å². The zero-order valence-corrected chi connectivity index (χ0v) is 22.8. The number of carbonyl (C=O) groups is 2. The molecule has 2 heterocycles. The van der Waals surface area contributed by atoms with Crippen molar-refractivity contribution < 1.29 is 23.9 Å². The summed E-state index contributed by atoms with van der Waals surface area (Å²) in [5, 5.41) is 3.09. The van der Waals surface area contributed by atoms with E-state index in [-0.39, 0.29) is 6.54 Å². The van der Waals surface area contributed by atoms with Crippen molar-refractivity contribution >= 4 is 18.3 Å². The van der Waals surface area contributed by atoms with Crippen molar-refractivity contribution in [3.05, 3.63) is 64.9 Å². The number of amides is 1. The van der Waals surface area contributed by atoms with Crippen LogP contribution in [0.25, 0.3) is 6.08 Å². The maximum atomic E-state index is 12.6. The zero-order chi connectivity index (χ0) is 27.1. The van der Waals surface area contributed by atoms with Crippen molar-refractivity contribution in [1.29, 1.82) is 0 Å². The second kappa shape index (κ2) is 11.8. The van der Waals surface area contributed by atoms with Crippen molar-refractivity contribution in [3.8, 4) is 0 Å². The highest BCUT2D eigenvalue weighted by molar-refractivity contribution is 5.70. The van der Waals surface area contributed by atoms with Gasteiger partial charge in [-0.1, -0.05) is 43.5 Å². The number of hydrogen-bond donors (Lipinski definition) is 0. The van der Waals surface area contributed by atoms with Crippen LogP contribution in [-0.2, 0) is 19.9 Å². The standard InChI is InChI=1S/C29H39N3O5/c1-27(2,3)35-25(33)32(37-26(34)36-28(4,5)6)19-12-8-7-11-17-29(23-15-13-18-30-21-23)20-22-14-9-10-16-24(22)31-29/h9-10,13-16,18,20-21H,7-8,11-12,17,19H2,1-6H3. The van der Waals surface area contributed by atoms with Gasteiger partial charge in [0.15, 0.2) is 0 Å². The van der Waals surface area contributed by atoms with E-state index in [0.717, 1.165) is 46.9 Å². The second-order valence-electron chi connectivity index (χ2n) is 11.3. The Morgan fingerprint density at radius 1 is 0.892 bits per heavy atom. The third-order valence-electron chi connectivity index (χ3n) is 5.65. The number of aromatic nitrogens is 1. The summed E-state index contributed by atoms with van der Waals surface area (Å²) in [6.07, 6.45) is 8.43. The van der Waals surface area contributed by atoms with Gasteiger partial charge in [0, 0.05) is 18.0 Å². The van der Waals surface area contributed by atoms with E-state index in [0.29, 0.717) is 6.42 Å². The maximum Gasteiger partial charge on any atom is 0.534 e. The number of hydroxylamine groups is 2. The molecule has 1 amide bonds. The number of ether oxygens (including phenoxy) is 2. The molecule has 1 aliphatic rings. The molecule has 0 aliphatic carbocycles. The van der Waals surface area contributed by atoms with Crippen LogP contribution in [0.5, 0.6) is 0 Å². The molecular weight excluding hydrogens is 470 g/mol. The van der Waals surface area contributed by atoms with Crippen LogP contribution < -0.4 is 10.6 Å². The predicted molar refractivity (Wildman–Crippen MR) is 141 cm³/mol. The van der Waals surface area contributed by atoms with Gasteiger partial charge in [0.05, 0.1) is 11.9 Å². The fourth-order valence-corrected chi connectivity index (χ4v) is 4.10. The summed E-state index contributed by atoms with van der Waals surface area (Å²) in [7, 11) is 0. The molecule has 0 N–H and O–H groups in total. The molecular formula is C29H39N3O5. The lowest BCUT2D eigenvalue weighted by Crippen LogP contribution is -2.40. The van der Waals surface area contributed by atoms with E-state index in [4.69, 9.17) is 19.3 Å². The Kier molecular flexibility index (Phi) is 8.94. The first-order valence-electron chi connectivity index (χ1n) is 12.9. The van der Waals surface area contributed by atoms with E-state index >= 15 is 0 Å². The monoisotopic (exact) mass is 509 g/mol. The van der Waals surface area contributed by atoms with Gasteiger partial charge >= 0.3 is 12.2 Å². The Bertz CT molecular complexity index is 1150. The minimum Gasteiger partial charge on any atom is -0.442 e. The third-order valence-corrected chi connectivity index (χ3v) is 5.65. The summed E-state index contributed by atoms with van der Waals surface area (Å²) in [5.41, 5.74) is -0.803. The van der Waals surface area contributed by atoms with Crippen LogP contribution in [0.1, 0.15) is 79.2 Å². The van der Waals surface area contributed by atoms with Gasteiger partial charge in [-0.2, -0.15) is 0 Å². The molecule has 2 aromatic rings. The fraction of sp³-hybridized carbons (Fsp3) is 0.517. The lowest BCUT2D eigenvalue weighted by atomic mass is 9.86. The van der Waals surface area contributed by atoms with Gasteiger partial charge in [0.1, 0.15) is 16.7 Å². The fourth-order valence-electron chi connectivity index (χ4n) is 4.10. The molecule has 8 heteroatoms. The minimum atomic E-state index is -0.935. The number of rotatable bonds is 8. The van der Waals surface area contributed by atoms with Gasteiger partial charge in [0.25, 0.3) is 0 Å². The summed E-state index contributed by atoms with van der Waals surface area (Å²) in [6.45, 7) is 10.7. The molecule has 37 heavy (non-hydrogen) atoms. The van der Waals surface area contributed by atoms with E-state index in [1.165, 1.54) is 0 Å². The Morgan fingerprint density at radius 2 is 1.59 bits per heavy atom. The molecule has 3 rings (SSSR count). The van der Waals surface area contributed by atoms with E-state index < -0.39 is 29.0 Å². The minimum absolute atomic E-state index is 0.212.